The van der Waals surface area contributed by atoms with Gasteiger partial charge in [0.25, 0.3) is 0 Å². The number of pyridine rings is 1. The van der Waals surface area contributed by atoms with E-state index >= 15 is 0 Å². The number of rotatable bonds is 7. The van der Waals surface area contributed by atoms with Gasteiger partial charge >= 0.3 is 0 Å². The van der Waals surface area contributed by atoms with Gasteiger partial charge in [-0.2, -0.15) is 0 Å². The summed E-state index contributed by atoms with van der Waals surface area (Å²) in [6, 6.07) is 5.50. The number of alkyl halides is 1. The summed E-state index contributed by atoms with van der Waals surface area (Å²) >= 11 is 3.31. The van der Waals surface area contributed by atoms with Crippen LogP contribution in [0.2, 0.25) is 0 Å². The van der Waals surface area contributed by atoms with Gasteiger partial charge in [-0.05, 0) is 18.1 Å². The molecular weight excluding hydrogens is 304 g/mol. The van der Waals surface area contributed by atoms with Crippen molar-refractivity contribution in [1.29, 1.82) is 0 Å². The maximum absolute atomic E-state index is 11.7. The van der Waals surface area contributed by atoms with Gasteiger partial charge in [0.2, 0.25) is 10.0 Å². The molecule has 1 aromatic rings. The van der Waals surface area contributed by atoms with Crippen LogP contribution in [-0.2, 0) is 16.4 Å². The summed E-state index contributed by atoms with van der Waals surface area (Å²) in [7, 11) is -3.20. The number of nitrogens with one attached hydrogen (secondary N) is 1. The van der Waals surface area contributed by atoms with Gasteiger partial charge in [-0.3, -0.25) is 4.98 Å². The molecule has 1 aromatic heterocycles. The molecule has 0 saturated carbocycles. The van der Waals surface area contributed by atoms with Crippen LogP contribution in [-0.4, -0.2) is 31.0 Å². The highest BCUT2D eigenvalue weighted by Crippen LogP contribution is 2.01. The van der Waals surface area contributed by atoms with Crippen LogP contribution >= 0.6 is 15.9 Å². The molecule has 0 spiro atoms. The molecule has 0 amide bonds. The summed E-state index contributed by atoms with van der Waals surface area (Å²) in [5, 5.41) is 0.787. The Kier molecular flexibility index (Phi) is 6.08. The Morgan fingerprint density at radius 3 is 2.82 bits per heavy atom. The lowest BCUT2D eigenvalue weighted by atomic mass is 10.2. The van der Waals surface area contributed by atoms with Crippen molar-refractivity contribution in [2.75, 3.05) is 17.6 Å². The fraction of sp³-hybridized carbons (Fsp3) is 0.545. The number of halogens is 1. The Morgan fingerprint density at radius 2 is 2.24 bits per heavy atom. The van der Waals surface area contributed by atoms with E-state index < -0.39 is 10.0 Å². The van der Waals surface area contributed by atoms with Crippen LogP contribution in [0.1, 0.15) is 12.6 Å². The number of aromatic nitrogens is 1. The summed E-state index contributed by atoms with van der Waals surface area (Å²) in [4.78, 5) is 4.09. The first-order valence-corrected chi connectivity index (χ1v) is 8.24. The van der Waals surface area contributed by atoms with Gasteiger partial charge in [0, 0.05) is 30.2 Å². The van der Waals surface area contributed by atoms with E-state index in [0.717, 1.165) is 11.0 Å². The van der Waals surface area contributed by atoms with Gasteiger partial charge in [0.05, 0.1) is 5.75 Å². The third-order valence-corrected chi connectivity index (χ3v) is 4.72. The van der Waals surface area contributed by atoms with E-state index in [1.165, 1.54) is 0 Å². The Labute approximate surface area is 111 Å². The first-order chi connectivity index (χ1) is 8.03. The van der Waals surface area contributed by atoms with Crippen LogP contribution in [0.25, 0.3) is 0 Å². The molecule has 0 bridgehead atoms. The fourth-order valence-corrected chi connectivity index (χ4v) is 2.57. The van der Waals surface area contributed by atoms with E-state index in [4.69, 9.17) is 0 Å². The minimum Gasteiger partial charge on any atom is -0.261 e. The highest BCUT2D eigenvalue weighted by Gasteiger charge is 2.11. The Hall–Kier alpha value is -0.460. The molecule has 0 aliphatic rings. The van der Waals surface area contributed by atoms with Crippen molar-refractivity contribution < 1.29 is 8.42 Å². The summed E-state index contributed by atoms with van der Waals surface area (Å²) in [5.74, 6) is 0.374. The number of aryl methyl sites for hydroxylation is 1. The van der Waals surface area contributed by atoms with E-state index in [1.54, 1.807) is 6.20 Å². The summed E-state index contributed by atoms with van der Waals surface area (Å²) < 4.78 is 25.9. The van der Waals surface area contributed by atoms with Crippen molar-refractivity contribution >= 4 is 26.0 Å². The molecule has 1 rings (SSSR count). The molecule has 1 N–H and O–H groups in total. The second-order valence-electron chi connectivity index (χ2n) is 4.00. The van der Waals surface area contributed by atoms with Crippen molar-refractivity contribution in [3.05, 3.63) is 30.1 Å². The minimum absolute atomic E-state index is 0.0824. The van der Waals surface area contributed by atoms with Crippen molar-refractivity contribution in [2.45, 2.75) is 13.3 Å². The molecule has 0 fully saturated rings. The molecule has 4 nitrogen and oxygen atoms in total. The van der Waals surface area contributed by atoms with E-state index in [0.29, 0.717) is 18.9 Å². The third kappa shape index (κ3) is 6.14. The maximum Gasteiger partial charge on any atom is 0.211 e. The molecule has 0 aromatic carbocycles. The average Bonchev–Trinajstić information content (AvgIpc) is 2.35. The third-order valence-electron chi connectivity index (χ3n) is 2.27. The Bertz CT molecular complexity index is 422. The first-order valence-electron chi connectivity index (χ1n) is 5.46. The van der Waals surface area contributed by atoms with Gasteiger partial charge in [-0.1, -0.05) is 28.9 Å². The van der Waals surface area contributed by atoms with Gasteiger partial charge in [0.15, 0.2) is 0 Å². The van der Waals surface area contributed by atoms with Crippen LogP contribution in [0.4, 0.5) is 0 Å². The average molecular weight is 321 g/mol. The summed E-state index contributed by atoms with van der Waals surface area (Å²) in [5.41, 5.74) is 0.798. The maximum atomic E-state index is 11.7. The van der Waals surface area contributed by atoms with E-state index in [2.05, 4.69) is 25.6 Å². The molecule has 1 heterocycles. The van der Waals surface area contributed by atoms with Crippen molar-refractivity contribution in [2.24, 2.45) is 5.92 Å². The van der Waals surface area contributed by atoms with Crippen molar-refractivity contribution in [1.82, 2.24) is 9.71 Å². The Balaban J connectivity index is 2.40. The molecule has 0 saturated heterocycles. The number of nitrogens with zero attached hydrogens (tertiary/aromatic N) is 1. The van der Waals surface area contributed by atoms with E-state index in [9.17, 15) is 8.42 Å². The van der Waals surface area contributed by atoms with Crippen LogP contribution in [0.15, 0.2) is 24.4 Å². The molecular formula is C11H17BrN2O2S. The Morgan fingerprint density at radius 1 is 1.47 bits per heavy atom. The molecule has 0 aliphatic heterocycles. The number of hydrogen-bond acceptors (Lipinski definition) is 3. The van der Waals surface area contributed by atoms with Gasteiger partial charge in [-0.15, -0.1) is 0 Å². The van der Waals surface area contributed by atoms with Crippen LogP contribution < -0.4 is 4.72 Å². The largest absolute Gasteiger partial charge is 0.261 e. The molecule has 17 heavy (non-hydrogen) atoms. The van der Waals surface area contributed by atoms with Crippen molar-refractivity contribution in [3.63, 3.8) is 0 Å². The SMILES string of the molecule is CC(CBr)CNS(=O)(=O)CCc1ccccn1. The zero-order valence-electron chi connectivity index (χ0n) is 9.77. The van der Waals surface area contributed by atoms with Crippen LogP contribution in [0.5, 0.6) is 0 Å². The fourth-order valence-electron chi connectivity index (χ4n) is 1.18. The topological polar surface area (TPSA) is 59.1 Å². The lowest BCUT2D eigenvalue weighted by Gasteiger charge is -2.09. The first kappa shape index (κ1) is 14.6. The summed E-state index contributed by atoms with van der Waals surface area (Å²) in [6.07, 6.45) is 2.11. The standard InChI is InChI=1S/C11H17BrN2O2S/c1-10(8-12)9-14-17(15,16)7-5-11-4-2-3-6-13-11/h2-4,6,10,14H,5,7-9H2,1H3. The molecule has 6 heteroatoms. The minimum atomic E-state index is -3.20. The zero-order chi connectivity index (χ0) is 12.7. The normalized spacial score (nSPS) is 13.5. The summed E-state index contributed by atoms with van der Waals surface area (Å²) in [6.45, 7) is 2.45. The molecule has 0 radical (unpaired) electrons. The van der Waals surface area contributed by atoms with Gasteiger partial charge in [-0.25, -0.2) is 13.1 Å². The predicted octanol–water partition coefficient (Wildman–Crippen LogP) is 1.57. The lowest BCUT2D eigenvalue weighted by Crippen LogP contribution is -2.31. The smallest absolute Gasteiger partial charge is 0.211 e. The molecule has 0 aliphatic carbocycles. The second kappa shape index (κ2) is 7.08. The highest BCUT2D eigenvalue weighted by molar-refractivity contribution is 9.09. The lowest BCUT2D eigenvalue weighted by molar-refractivity contribution is 0.562. The van der Waals surface area contributed by atoms with Gasteiger partial charge < -0.3 is 0 Å². The predicted molar refractivity (Wildman–Crippen MR) is 72.7 cm³/mol. The molecule has 1 unspecified atom stereocenters. The van der Waals surface area contributed by atoms with E-state index in [-0.39, 0.29) is 5.75 Å². The molecule has 96 valence electrons. The van der Waals surface area contributed by atoms with Crippen LogP contribution in [0.3, 0.4) is 0 Å². The quantitative estimate of drug-likeness (QED) is 0.776. The highest BCUT2D eigenvalue weighted by atomic mass is 79.9. The van der Waals surface area contributed by atoms with Crippen LogP contribution in [0, 0.1) is 5.92 Å². The van der Waals surface area contributed by atoms with Gasteiger partial charge in [0.1, 0.15) is 0 Å². The number of sulfonamides is 1. The zero-order valence-corrected chi connectivity index (χ0v) is 12.2. The second-order valence-corrected chi connectivity index (χ2v) is 6.57. The molecule has 1 atom stereocenters. The van der Waals surface area contributed by atoms with Crippen molar-refractivity contribution in [3.8, 4) is 0 Å². The van der Waals surface area contributed by atoms with E-state index in [1.807, 2.05) is 25.1 Å². The monoisotopic (exact) mass is 320 g/mol. The number of hydrogen-bond donors (Lipinski definition) is 1.